The van der Waals surface area contributed by atoms with Crippen LogP contribution in [-0.2, 0) is 0 Å². The van der Waals surface area contributed by atoms with Gasteiger partial charge in [-0.05, 0) is 0 Å². The van der Waals surface area contributed by atoms with Crippen LogP contribution < -0.4 is 125 Å². The molecule has 0 aliphatic rings. The summed E-state index contributed by atoms with van der Waals surface area (Å²) in [5, 5.41) is 0. The van der Waals surface area contributed by atoms with E-state index in [1.54, 1.807) is 0 Å². The van der Waals surface area contributed by atoms with Crippen molar-refractivity contribution >= 4 is 0 Å². The smallest absolute Gasteiger partial charge is 0.427 e. The summed E-state index contributed by atoms with van der Waals surface area (Å²) in [6, 6.07) is 0. The summed E-state index contributed by atoms with van der Waals surface area (Å²) in [6.45, 7) is 0. The summed E-state index contributed by atoms with van der Waals surface area (Å²) >= 11 is -16.1. The van der Waals surface area contributed by atoms with Crippen molar-refractivity contribution in [3.63, 3.8) is 0 Å². The third-order valence-electron chi connectivity index (χ3n) is 0. The molecule has 0 unspecified atom stereocenters. The fraction of sp³-hybridized carbons (Fsp3) is 0. The van der Waals surface area contributed by atoms with E-state index in [2.05, 4.69) is 0 Å². The molecule has 0 bridgehead atoms. The molecular weight excluding hydrogens is 712 g/mol. The van der Waals surface area contributed by atoms with E-state index in [0.717, 1.165) is 0 Å². The molecule has 0 aromatic rings. The summed E-state index contributed by atoms with van der Waals surface area (Å²) in [5.41, 5.74) is 0. The molecule has 0 spiro atoms. The van der Waals surface area contributed by atoms with Crippen molar-refractivity contribution < 1.29 is 125 Å². The average Bonchev–Trinajstić information content (AvgIpc) is 1.76. The number of hydrogen-bond donors (Lipinski definition) is 0. The molecule has 104 valence electrons. The number of halogens is 4. The first kappa shape index (κ1) is 31.7. The molecule has 0 saturated carbocycles. The molecule has 16 heteroatoms. The van der Waals surface area contributed by atoms with E-state index in [4.69, 9.17) is 41.2 Å². The van der Waals surface area contributed by atoms with Crippen molar-refractivity contribution in [3.8, 4) is 0 Å². The summed E-state index contributed by atoms with van der Waals surface area (Å²) in [6.07, 6.45) is 0. The van der Waals surface area contributed by atoms with Crippen LogP contribution in [0.25, 0.3) is 0 Å². The zero-order valence-electron chi connectivity index (χ0n) is 6.91. The minimum atomic E-state index is -4.01. The van der Waals surface area contributed by atoms with E-state index in [1.165, 1.54) is 0 Å². The second-order valence-electron chi connectivity index (χ2n) is 0.756. The fourth-order valence-electron chi connectivity index (χ4n) is 0. The molecule has 0 aliphatic heterocycles. The van der Waals surface area contributed by atoms with Crippen LogP contribution >= 0.6 is 0 Å². The van der Waals surface area contributed by atoms with Crippen LogP contribution in [0.2, 0.25) is 0 Å². The first-order valence-corrected chi connectivity index (χ1v) is 12.4. The molecule has 0 amide bonds. The third-order valence-corrected chi connectivity index (χ3v) is 0. The Hall–Kier alpha value is 2.44. The van der Waals surface area contributed by atoms with Crippen molar-refractivity contribution in [3.05, 3.63) is 7.43 Å². The summed E-state index contributed by atoms with van der Waals surface area (Å²) in [7, 11) is 0. The Morgan fingerprint density at radius 1 is 0.294 bits per heavy atom. The topological polar surface area (TPSA) is 277 Å². The fourth-order valence-corrected chi connectivity index (χ4v) is 0. The Morgan fingerprint density at radius 2 is 0.294 bits per heavy atom. The van der Waals surface area contributed by atoms with E-state index in [0.29, 0.717) is 0 Å². The van der Waals surface area contributed by atoms with Gasteiger partial charge in [0.05, 0.1) is 0 Å². The van der Waals surface area contributed by atoms with Gasteiger partial charge >= 0.3 is 7.43 Å². The molecule has 0 aromatic heterocycles. The molecule has 0 heterocycles. The van der Waals surface area contributed by atoms with E-state index in [9.17, 15) is 0 Å². The monoisotopic (exact) mass is 712 g/mol. The maximum atomic E-state index is 8.57. The zero-order valence-corrected chi connectivity index (χ0v) is 15.5. The summed E-state index contributed by atoms with van der Waals surface area (Å²) in [5.74, 6) is 0. The predicted octanol–water partition coefficient (Wildman–Crippen LogP) is -26.2. The standard InChI is InChI=1S/C.4IO3/c;4*2-1(3)4/q+4;4*-1. The first-order chi connectivity index (χ1) is 6.93. The largest absolute Gasteiger partial charge is 4.00 e. The SMILES string of the molecule is [C+4].[O-][I+2]([O-])[O-].[O-][I+2]([O-])[O-].[O-][I+2]([O-])[O-].[O-][I+2]([O-])[O-]. The third kappa shape index (κ3) is 837. The van der Waals surface area contributed by atoms with E-state index >= 15 is 0 Å². The number of rotatable bonds is 0. The van der Waals surface area contributed by atoms with Gasteiger partial charge in [0, 0.05) is 0 Å². The van der Waals surface area contributed by atoms with Crippen molar-refractivity contribution in [1.82, 2.24) is 0 Å². The van der Waals surface area contributed by atoms with E-state index in [1.807, 2.05) is 0 Å². The predicted molar refractivity (Wildman–Crippen MR) is 3.24 cm³/mol. The van der Waals surface area contributed by atoms with Gasteiger partial charge in [-0.3, -0.25) is 0 Å². The molecule has 12 nitrogen and oxygen atoms in total. The van der Waals surface area contributed by atoms with Crippen LogP contribution in [0.5, 0.6) is 0 Å². The van der Waals surface area contributed by atoms with Crippen LogP contribution in [0.15, 0.2) is 0 Å². The molecule has 0 aromatic carbocycles. The van der Waals surface area contributed by atoms with Crippen LogP contribution in [-0.4, -0.2) is 0 Å². The van der Waals surface area contributed by atoms with Gasteiger partial charge in [-0.2, -0.15) is 0 Å². The van der Waals surface area contributed by atoms with Gasteiger partial charge in [0.15, 0.2) is 0 Å². The molecule has 0 rings (SSSR count). The van der Waals surface area contributed by atoms with Gasteiger partial charge < -0.3 is 41.2 Å². The van der Waals surface area contributed by atoms with Gasteiger partial charge in [0.2, 0.25) is 0 Å². The normalized spacial score (nSPS) is 8.47. The Labute approximate surface area is 131 Å². The molecule has 0 fully saturated rings. The average molecular weight is 712 g/mol. The van der Waals surface area contributed by atoms with E-state index < -0.39 is 84.3 Å². The van der Waals surface area contributed by atoms with Gasteiger partial charge in [-0.15, -0.1) is 0 Å². The molecule has 0 N–H and O–H groups in total. The van der Waals surface area contributed by atoms with Crippen LogP contribution in [0.1, 0.15) is 0 Å². The maximum Gasteiger partial charge on any atom is 4.00 e. The Morgan fingerprint density at radius 3 is 0.294 bits per heavy atom. The summed E-state index contributed by atoms with van der Waals surface area (Å²) < 4.78 is 103. The summed E-state index contributed by atoms with van der Waals surface area (Å²) in [4.78, 5) is 0. The van der Waals surface area contributed by atoms with Crippen molar-refractivity contribution in [1.29, 1.82) is 0 Å². The molecule has 17 heavy (non-hydrogen) atoms. The molecule has 0 saturated heterocycles. The Kier molecular flexibility index (Phi) is 50.2. The first-order valence-electron chi connectivity index (χ1n) is 1.85. The van der Waals surface area contributed by atoms with Crippen molar-refractivity contribution in [2.24, 2.45) is 0 Å². The second-order valence-corrected chi connectivity index (χ2v) is 5.07. The minimum Gasteiger partial charge on any atom is -0.427 e. The molecular formula is CI4O12. The van der Waals surface area contributed by atoms with Crippen LogP contribution in [0.4, 0.5) is 0 Å². The maximum absolute atomic E-state index is 8.57. The van der Waals surface area contributed by atoms with Crippen molar-refractivity contribution in [2.75, 3.05) is 0 Å². The van der Waals surface area contributed by atoms with Gasteiger partial charge in [-0.1, -0.05) is 0 Å². The number of hydrogen-bond acceptors (Lipinski definition) is 12. The zero-order chi connectivity index (χ0) is 14.3. The van der Waals surface area contributed by atoms with Crippen LogP contribution in [0.3, 0.4) is 0 Å². The van der Waals surface area contributed by atoms with Gasteiger partial charge in [-0.25, -0.2) is 0 Å². The minimum absolute atomic E-state index is 0. The molecule has 0 atom stereocenters. The quantitative estimate of drug-likeness (QED) is 0.212. The molecule has 0 radical (unpaired) electrons. The van der Waals surface area contributed by atoms with Gasteiger partial charge in [0.1, 0.15) is 0 Å². The van der Waals surface area contributed by atoms with Crippen LogP contribution in [0, 0.1) is 7.43 Å². The van der Waals surface area contributed by atoms with Gasteiger partial charge in [0.25, 0.3) is 84.3 Å². The Bertz CT molecular complexity index is 61.5. The van der Waals surface area contributed by atoms with E-state index in [-0.39, 0.29) is 7.43 Å². The molecule has 0 aliphatic carbocycles. The van der Waals surface area contributed by atoms with Crippen molar-refractivity contribution in [2.45, 2.75) is 0 Å². The Balaban J connectivity index is -0.0000000369. The second kappa shape index (κ2) is 26.9.